The number of fused-ring (bicyclic) bond motifs is 7. The molecule has 0 aromatic heterocycles. The van der Waals surface area contributed by atoms with E-state index in [9.17, 15) is 30.3 Å². The fourth-order valence-corrected chi connectivity index (χ4v) is 11.2. The van der Waals surface area contributed by atoms with Crippen LogP contribution in [-0.4, -0.2) is 61.7 Å². The molecule has 0 bridgehead atoms. The predicted molar refractivity (Wildman–Crippen MR) is 152 cm³/mol. The van der Waals surface area contributed by atoms with Crippen LogP contribution in [0.5, 0.6) is 0 Å². The average molecular weight is 563 g/mol. The Kier molecular flexibility index (Phi) is 7.86. The smallest absolute Gasteiger partial charge is 0.335 e. The first-order chi connectivity index (χ1) is 18.6. The first-order valence-corrected chi connectivity index (χ1v) is 15.9. The molecular weight excluding hydrogens is 508 g/mol. The zero-order chi connectivity index (χ0) is 29.4. The molecule has 0 aliphatic heterocycles. The van der Waals surface area contributed by atoms with Gasteiger partial charge in [-0.1, -0.05) is 45.8 Å². The Labute approximate surface area is 240 Å². The summed E-state index contributed by atoms with van der Waals surface area (Å²) in [6.07, 6.45) is 7.15. The molecule has 0 spiro atoms. The molecule has 228 valence electrons. The van der Waals surface area contributed by atoms with E-state index in [0.717, 1.165) is 31.6 Å². The molecule has 7 heteroatoms. The van der Waals surface area contributed by atoms with Crippen LogP contribution in [0.2, 0.25) is 0 Å². The average Bonchev–Trinajstić information content (AvgIpc) is 2.84. The highest BCUT2D eigenvalue weighted by Crippen LogP contribution is 2.71. The molecule has 12 unspecified atom stereocenters. The first kappa shape index (κ1) is 30.5. The maximum absolute atomic E-state index is 12.2. The minimum absolute atomic E-state index is 0.0741. The first-order valence-electron chi connectivity index (χ1n) is 15.9. The van der Waals surface area contributed by atoms with Gasteiger partial charge < -0.3 is 30.3 Å². The second-order valence-electron chi connectivity index (χ2n) is 15.7. The highest BCUT2D eigenvalue weighted by Gasteiger charge is 2.66. The van der Waals surface area contributed by atoms with Crippen molar-refractivity contribution in [3.05, 3.63) is 11.6 Å². The largest absolute Gasteiger partial charge is 0.479 e. The number of rotatable bonds is 6. The molecule has 5 rings (SSSR count). The Morgan fingerprint density at radius 2 is 1.57 bits per heavy atom. The zero-order valence-electron chi connectivity index (χ0n) is 25.5. The maximum atomic E-state index is 12.2. The van der Waals surface area contributed by atoms with E-state index >= 15 is 0 Å². The van der Waals surface area contributed by atoms with Crippen LogP contribution in [0.15, 0.2) is 11.6 Å². The van der Waals surface area contributed by atoms with E-state index in [-0.39, 0.29) is 16.7 Å². The molecule has 0 saturated heterocycles. The van der Waals surface area contributed by atoms with Gasteiger partial charge in [-0.3, -0.25) is 0 Å². The van der Waals surface area contributed by atoms with Crippen LogP contribution < -0.4 is 0 Å². The number of hydrogen-bond acceptors (Lipinski definition) is 6. The Hall–Kier alpha value is -0.990. The summed E-state index contributed by atoms with van der Waals surface area (Å²) in [5.41, 5.74) is 0.931. The van der Waals surface area contributed by atoms with Crippen molar-refractivity contribution in [2.75, 3.05) is 0 Å². The molecule has 4 fully saturated rings. The van der Waals surface area contributed by atoms with Gasteiger partial charge in [0.15, 0.2) is 12.4 Å². The summed E-state index contributed by atoms with van der Waals surface area (Å²) >= 11 is 0. The van der Waals surface area contributed by atoms with Crippen LogP contribution >= 0.6 is 0 Å². The van der Waals surface area contributed by atoms with E-state index in [4.69, 9.17) is 4.74 Å². The summed E-state index contributed by atoms with van der Waals surface area (Å²) in [7, 11) is 0. The van der Waals surface area contributed by atoms with E-state index in [1.807, 2.05) is 0 Å². The van der Waals surface area contributed by atoms with Crippen molar-refractivity contribution in [2.24, 2.45) is 51.8 Å². The highest BCUT2D eigenvalue weighted by molar-refractivity contribution is 5.73. The van der Waals surface area contributed by atoms with Crippen molar-refractivity contribution in [2.45, 2.75) is 136 Å². The molecule has 0 heterocycles. The number of aliphatic hydroxyl groups excluding tert-OH is 2. The summed E-state index contributed by atoms with van der Waals surface area (Å²) in [6.45, 7) is 12.9. The van der Waals surface area contributed by atoms with Gasteiger partial charge in [-0.05, 0) is 117 Å². The van der Waals surface area contributed by atoms with Crippen LogP contribution in [0, 0.1) is 51.8 Å². The molecule has 40 heavy (non-hydrogen) atoms. The lowest BCUT2D eigenvalue weighted by Crippen LogP contribution is -2.66. The quantitative estimate of drug-likeness (QED) is 0.230. The number of aliphatic carboxylic acids is 1. The number of aliphatic hydroxyl groups is 4. The maximum Gasteiger partial charge on any atom is 0.335 e. The zero-order valence-corrected chi connectivity index (χ0v) is 25.5. The van der Waals surface area contributed by atoms with Crippen molar-refractivity contribution in [3.63, 3.8) is 0 Å². The molecule has 0 radical (unpaired) electrons. The monoisotopic (exact) mass is 562 g/mol. The minimum atomic E-state index is -1.97. The van der Waals surface area contributed by atoms with E-state index < -0.39 is 42.1 Å². The van der Waals surface area contributed by atoms with Gasteiger partial charge in [-0.25, -0.2) is 4.79 Å². The Balaban J connectivity index is 1.44. The standard InChI is InChI=1S/C33H54O7/c1-18-9-13-30(3)14-10-21-20(23(30)17-18)7-8-24-31(21,4)16-12-25-32(24,5)15-11-22(33(25,6)39)27(29(37)38)40-26(19(2)34)28(35)36/h7,18-19,21-27,29,34,37-39H,8-17H2,1-6H3,(H,35,36)/t18?,19?,21?,22?,23?,24?,25?,26?,27?,30?,31?,32?,33-/m1/s1. The van der Waals surface area contributed by atoms with Crippen LogP contribution in [-0.2, 0) is 9.53 Å². The third-order valence-electron chi connectivity index (χ3n) is 13.4. The molecule has 5 aliphatic rings. The number of allylic oxidation sites excluding steroid dienone is 2. The Bertz CT molecular complexity index is 1000. The number of hydrogen-bond donors (Lipinski definition) is 5. The summed E-state index contributed by atoms with van der Waals surface area (Å²) in [4.78, 5) is 11.7. The van der Waals surface area contributed by atoms with Crippen LogP contribution in [0.25, 0.3) is 0 Å². The Morgan fingerprint density at radius 1 is 0.925 bits per heavy atom. The number of ether oxygens (including phenoxy) is 1. The van der Waals surface area contributed by atoms with E-state index in [2.05, 4.69) is 33.8 Å². The van der Waals surface area contributed by atoms with Crippen LogP contribution in [0.1, 0.15) is 106 Å². The second kappa shape index (κ2) is 10.3. The Morgan fingerprint density at radius 3 is 2.20 bits per heavy atom. The van der Waals surface area contributed by atoms with E-state index in [0.29, 0.717) is 29.6 Å². The fourth-order valence-electron chi connectivity index (χ4n) is 11.2. The molecule has 0 aromatic rings. The lowest BCUT2D eigenvalue weighted by molar-refractivity contribution is -0.264. The van der Waals surface area contributed by atoms with E-state index in [1.165, 1.54) is 39.0 Å². The molecule has 5 aliphatic carbocycles. The summed E-state index contributed by atoms with van der Waals surface area (Å²) in [5.74, 6) is 0.390. The molecular formula is C33H54O7. The number of carboxylic acid groups (broad SMARTS) is 1. The number of carboxylic acids is 1. The van der Waals surface area contributed by atoms with Gasteiger partial charge in [-0.2, -0.15) is 0 Å². The normalized spacial score (nSPS) is 49.0. The molecule has 0 amide bonds. The molecule has 0 aromatic carbocycles. The van der Waals surface area contributed by atoms with Gasteiger partial charge in [0.2, 0.25) is 0 Å². The van der Waals surface area contributed by atoms with Gasteiger partial charge in [-0.15, -0.1) is 0 Å². The number of carbonyl (C=O) groups is 1. The predicted octanol–water partition coefficient (Wildman–Crippen LogP) is 4.90. The summed E-state index contributed by atoms with van der Waals surface area (Å²) < 4.78 is 5.67. The van der Waals surface area contributed by atoms with E-state index in [1.54, 1.807) is 12.5 Å². The summed E-state index contributed by atoms with van der Waals surface area (Å²) in [6, 6.07) is 0. The van der Waals surface area contributed by atoms with Crippen molar-refractivity contribution in [1.29, 1.82) is 0 Å². The summed E-state index contributed by atoms with van der Waals surface area (Å²) in [5, 5.41) is 52.4. The minimum Gasteiger partial charge on any atom is -0.479 e. The third-order valence-corrected chi connectivity index (χ3v) is 13.4. The lowest BCUT2D eigenvalue weighted by atomic mass is 9.37. The van der Waals surface area contributed by atoms with Gasteiger partial charge in [0.1, 0.15) is 6.10 Å². The van der Waals surface area contributed by atoms with Crippen molar-refractivity contribution in [3.8, 4) is 0 Å². The highest BCUT2D eigenvalue weighted by atomic mass is 16.6. The third kappa shape index (κ3) is 4.61. The van der Waals surface area contributed by atoms with Crippen LogP contribution in [0.3, 0.4) is 0 Å². The SMILES string of the molecule is CC1CCC2(C)CCC3C(=CCC4C3(C)CCC3C4(C)CCC(C(OC(C(=O)O)C(C)O)C(O)O)[C@@]3(C)O)C2C1. The molecule has 7 nitrogen and oxygen atoms in total. The fraction of sp³-hybridized carbons (Fsp3) is 0.909. The topological polar surface area (TPSA) is 127 Å². The van der Waals surface area contributed by atoms with Gasteiger partial charge in [0, 0.05) is 5.92 Å². The van der Waals surface area contributed by atoms with Crippen molar-refractivity contribution in [1.82, 2.24) is 0 Å². The van der Waals surface area contributed by atoms with Crippen LogP contribution in [0.4, 0.5) is 0 Å². The lowest BCUT2D eigenvalue weighted by Gasteiger charge is -2.68. The van der Waals surface area contributed by atoms with Gasteiger partial charge in [0.05, 0.1) is 11.7 Å². The van der Waals surface area contributed by atoms with Crippen molar-refractivity contribution < 1.29 is 35.1 Å². The molecule has 5 N–H and O–H groups in total. The second-order valence-corrected chi connectivity index (χ2v) is 15.7. The molecule has 4 saturated carbocycles. The van der Waals surface area contributed by atoms with Crippen molar-refractivity contribution >= 4 is 5.97 Å². The molecule has 13 atom stereocenters. The van der Waals surface area contributed by atoms with Gasteiger partial charge >= 0.3 is 5.97 Å². The van der Waals surface area contributed by atoms with Gasteiger partial charge in [0.25, 0.3) is 0 Å².